The van der Waals surface area contributed by atoms with E-state index in [4.69, 9.17) is 14.2 Å². The summed E-state index contributed by atoms with van der Waals surface area (Å²) >= 11 is 0. The number of carbonyl (C=O) groups excluding carboxylic acids is 2. The van der Waals surface area contributed by atoms with Gasteiger partial charge in [-0.1, -0.05) is 36.4 Å². The molecule has 0 amide bonds. The van der Waals surface area contributed by atoms with E-state index >= 15 is 0 Å². The number of nitro benzene ring substituents is 1. The number of carbonyl (C=O) groups is 2. The fraction of sp³-hybridized carbons (Fsp3) is 0.296. The molecule has 4 rings (SSSR count). The van der Waals surface area contributed by atoms with Gasteiger partial charge in [-0.2, -0.15) is 5.26 Å². The Morgan fingerprint density at radius 1 is 1.16 bits per heavy atom. The van der Waals surface area contributed by atoms with Crippen molar-refractivity contribution < 1.29 is 28.7 Å². The molecular weight excluding hydrogens is 478 g/mol. The number of esters is 2. The van der Waals surface area contributed by atoms with E-state index in [1.165, 1.54) is 18.2 Å². The number of hydrogen-bond donors (Lipinski definition) is 1. The maximum Gasteiger partial charge on any atom is 0.337 e. The highest BCUT2D eigenvalue weighted by Crippen LogP contribution is 2.40. The number of hydrogen-bond acceptors (Lipinski definition) is 9. The molecule has 0 aliphatic carbocycles. The first-order valence-corrected chi connectivity index (χ1v) is 11.6. The number of benzene rings is 2. The smallest absolute Gasteiger partial charge is 0.337 e. The quantitative estimate of drug-likeness (QED) is 0.236. The van der Waals surface area contributed by atoms with Gasteiger partial charge in [-0.15, -0.1) is 0 Å². The summed E-state index contributed by atoms with van der Waals surface area (Å²) < 4.78 is 15.9. The second-order valence-electron chi connectivity index (χ2n) is 8.65. The Kier molecular flexibility index (Phi) is 7.65. The van der Waals surface area contributed by atoms with Gasteiger partial charge in [0.05, 0.1) is 48.4 Å². The molecular formula is C27H25N3O7. The molecule has 190 valence electrons. The number of nitrogens with zero attached hydrogens (tertiary/aromatic N) is 2. The van der Waals surface area contributed by atoms with Gasteiger partial charge in [0.15, 0.2) is 0 Å². The molecule has 2 atom stereocenters. The topological polar surface area (TPSA) is 144 Å². The molecule has 10 heteroatoms. The van der Waals surface area contributed by atoms with Crippen LogP contribution in [0.4, 0.5) is 5.69 Å². The van der Waals surface area contributed by atoms with E-state index in [0.717, 1.165) is 31.3 Å². The number of non-ortho nitro benzene ring substituents is 1. The highest BCUT2D eigenvalue weighted by atomic mass is 16.6. The summed E-state index contributed by atoms with van der Waals surface area (Å²) in [5, 5.41) is 23.9. The van der Waals surface area contributed by atoms with E-state index in [1.807, 2.05) is 30.3 Å². The largest absolute Gasteiger partial charge is 0.466 e. The van der Waals surface area contributed by atoms with Crippen LogP contribution in [-0.4, -0.2) is 43.3 Å². The molecule has 2 unspecified atom stereocenters. The molecule has 37 heavy (non-hydrogen) atoms. The lowest BCUT2D eigenvalue weighted by Gasteiger charge is -2.29. The predicted molar refractivity (Wildman–Crippen MR) is 131 cm³/mol. The van der Waals surface area contributed by atoms with E-state index in [1.54, 1.807) is 13.0 Å². The Labute approximate surface area is 213 Å². The lowest BCUT2D eigenvalue weighted by atomic mass is 9.80. The standard InChI is InChI=1S/C27H25N3O7/c1-16-23(27(32)36-11-10-17-6-3-4-7-18(17)13-21-15-37-21)24(19-8-5-9-20(12-19)30(33)34)25(26(31)35-2)22(14-28)29-16/h3-9,12,21,24,29H,10-11,13,15H2,1-2H3. The van der Waals surface area contributed by atoms with Gasteiger partial charge in [-0.25, -0.2) is 9.59 Å². The third kappa shape index (κ3) is 5.68. The number of rotatable bonds is 9. The van der Waals surface area contributed by atoms with Crippen LogP contribution in [0.3, 0.4) is 0 Å². The number of epoxide rings is 1. The zero-order chi connectivity index (χ0) is 26.5. The third-order valence-corrected chi connectivity index (χ3v) is 6.29. The summed E-state index contributed by atoms with van der Waals surface area (Å²) in [4.78, 5) is 37.0. The van der Waals surface area contributed by atoms with Gasteiger partial charge in [0.2, 0.25) is 0 Å². The SMILES string of the molecule is COC(=O)C1=C(C#N)NC(C)=C(C(=O)OCCc2ccccc2CC2CO2)C1c1cccc([N+](=O)[O-])c1. The minimum Gasteiger partial charge on any atom is -0.466 e. The van der Waals surface area contributed by atoms with E-state index < -0.39 is 22.8 Å². The van der Waals surface area contributed by atoms with Crippen LogP contribution in [0.25, 0.3) is 0 Å². The third-order valence-electron chi connectivity index (χ3n) is 6.29. The van der Waals surface area contributed by atoms with Gasteiger partial charge >= 0.3 is 11.9 Å². The van der Waals surface area contributed by atoms with Crippen LogP contribution in [0.2, 0.25) is 0 Å². The van der Waals surface area contributed by atoms with Crippen LogP contribution in [0.15, 0.2) is 71.1 Å². The number of nitriles is 1. The predicted octanol–water partition coefficient (Wildman–Crippen LogP) is 3.23. The molecule has 0 saturated carbocycles. The molecule has 1 N–H and O–H groups in total. The van der Waals surface area contributed by atoms with Crippen molar-refractivity contribution in [2.45, 2.75) is 31.8 Å². The van der Waals surface area contributed by atoms with Crippen LogP contribution in [0.1, 0.15) is 29.5 Å². The van der Waals surface area contributed by atoms with Crippen LogP contribution < -0.4 is 5.32 Å². The van der Waals surface area contributed by atoms with Crippen molar-refractivity contribution in [2.24, 2.45) is 0 Å². The lowest BCUT2D eigenvalue weighted by molar-refractivity contribution is -0.384. The number of nitrogens with one attached hydrogen (secondary N) is 1. The fourth-order valence-electron chi connectivity index (χ4n) is 4.43. The molecule has 0 spiro atoms. The Morgan fingerprint density at radius 3 is 2.54 bits per heavy atom. The molecule has 0 aromatic heterocycles. The summed E-state index contributed by atoms with van der Waals surface area (Å²) in [6.07, 6.45) is 1.48. The number of dihydropyridines is 1. The van der Waals surface area contributed by atoms with Crippen LogP contribution in [0, 0.1) is 21.4 Å². The second-order valence-corrected chi connectivity index (χ2v) is 8.65. The molecule has 2 aromatic carbocycles. The van der Waals surface area contributed by atoms with Crippen molar-refractivity contribution in [3.63, 3.8) is 0 Å². The Hall–Kier alpha value is -4.49. The summed E-state index contributed by atoms with van der Waals surface area (Å²) in [5.74, 6) is -2.65. The van der Waals surface area contributed by atoms with Crippen molar-refractivity contribution in [2.75, 3.05) is 20.3 Å². The molecule has 0 bridgehead atoms. The summed E-state index contributed by atoms with van der Waals surface area (Å²) in [6, 6.07) is 15.4. The van der Waals surface area contributed by atoms with Gasteiger partial charge in [0, 0.05) is 30.7 Å². The minimum atomic E-state index is -1.10. The zero-order valence-electron chi connectivity index (χ0n) is 20.4. The van der Waals surface area contributed by atoms with Gasteiger partial charge in [0.25, 0.3) is 5.69 Å². The van der Waals surface area contributed by atoms with Crippen molar-refractivity contribution in [3.05, 3.63) is 97.9 Å². The monoisotopic (exact) mass is 503 g/mol. The van der Waals surface area contributed by atoms with Crippen molar-refractivity contribution in [1.82, 2.24) is 5.32 Å². The molecule has 10 nitrogen and oxygen atoms in total. The van der Waals surface area contributed by atoms with Crippen molar-refractivity contribution in [1.29, 1.82) is 5.26 Å². The van der Waals surface area contributed by atoms with Gasteiger partial charge in [0.1, 0.15) is 11.8 Å². The van der Waals surface area contributed by atoms with Crippen molar-refractivity contribution >= 4 is 17.6 Å². The van der Waals surface area contributed by atoms with Gasteiger partial charge in [-0.3, -0.25) is 10.1 Å². The summed E-state index contributed by atoms with van der Waals surface area (Å²) in [6.45, 7) is 2.39. The van der Waals surface area contributed by atoms with E-state index in [0.29, 0.717) is 12.1 Å². The van der Waals surface area contributed by atoms with Crippen molar-refractivity contribution in [3.8, 4) is 6.07 Å². The van der Waals surface area contributed by atoms with Gasteiger partial charge in [-0.05, 0) is 23.6 Å². The molecule has 2 aromatic rings. The molecule has 1 fully saturated rings. The second kappa shape index (κ2) is 11.1. The first kappa shape index (κ1) is 25.6. The van der Waals surface area contributed by atoms with E-state index in [-0.39, 0.29) is 40.8 Å². The highest BCUT2D eigenvalue weighted by molar-refractivity contribution is 6.00. The zero-order valence-corrected chi connectivity index (χ0v) is 20.4. The first-order chi connectivity index (χ1) is 17.8. The Balaban J connectivity index is 1.63. The molecule has 1 saturated heterocycles. The molecule has 2 aliphatic rings. The van der Waals surface area contributed by atoms with E-state index in [9.17, 15) is 25.0 Å². The van der Waals surface area contributed by atoms with Gasteiger partial charge < -0.3 is 19.5 Å². The first-order valence-electron chi connectivity index (χ1n) is 11.6. The summed E-state index contributed by atoms with van der Waals surface area (Å²) in [7, 11) is 1.15. The molecule has 2 aliphatic heterocycles. The maximum absolute atomic E-state index is 13.4. The molecule has 2 heterocycles. The fourth-order valence-corrected chi connectivity index (χ4v) is 4.43. The highest BCUT2D eigenvalue weighted by Gasteiger charge is 2.39. The summed E-state index contributed by atoms with van der Waals surface area (Å²) in [5.41, 5.74) is 2.36. The van der Waals surface area contributed by atoms with Crippen LogP contribution >= 0.6 is 0 Å². The van der Waals surface area contributed by atoms with Crippen LogP contribution in [0.5, 0.6) is 0 Å². The minimum absolute atomic E-state index is 0.0690. The van der Waals surface area contributed by atoms with Crippen LogP contribution in [-0.2, 0) is 36.6 Å². The molecule has 0 radical (unpaired) electrons. The Morgan fingerprint density at radius 2 is 1.89 bits per heavy atom. The number of nitro groups is 1. The van der Waals surface area contributed by atoms with E-state index in [2.05, 4.69) is 5.32 Å². The number of methoxy groups -OCH3 is 1. The number of ether oxygens (including phenoxy) is 3. The normalized spacial score (nSPS) is 18.5. The number of allylic oxidation sites excluding steroid dienone is 2. The lowest BCUT2D eigenvalue weighted by Crippen LogP contribution is -2.33. The maximum atomic E-state index is 13.4. The average Bonchev–Trinajstić information content (AvgIpc) is 3.72. The average molecular weight is 504 g/mol. The Bertz CT molecular complexity index is 1350.